The highest BCUT2D eigenvalue weighted by molar-refractivity contribution is 6.10. The van der Waals surface area contributed by atoms with Gasteiger partial charge >= 0.3 is 0 Å². The highest BCUT2D eigenvalue weighted by Gasteiger charge is 2.41. The van der Waals surface area contributed by atoms with Crippen LogP contribution in [0.4, 0.5) is 5.69 Å². The summed E-state index contributed by atoms with van der Waals surface area (Å²) in [7, 11) is 0. The Morgan fingerprint density at radius 2 is 2.33 bits per heavy atom. The summed E-state index contributed by atoms with van der Waals surface area (Å²) in [5.41, 5.74) is 1.36. The van der Waals surface area contributed by atoms with Crippen molar-refractivity contribution in [1.82, 2.24) is 10.4 Å². The quantitative estimate of drug-likeness (QED) is 0.368. The number of nitrogens with zero attached hydrogens (tertiary/aromatic N) is 2. The number of carbonyl (C=O) groups excluding carboxylic acids is 1. The van der Waals surface area contributed by atoms with Crippen molar-refractivity contribution in [3.05, 3.63) is 64.4 Å². The molecular formula is C14H15N3O4. The number of nitro groups is 1. The summed E-state index contributed by atoms with van der Waals surface area (Å²) >= 11 is 0. The zero-order valence-electron chi connectivity index (χ0n) is 11.4. The molecule has 1 heterocycles. The van der Waals surface area contributed by atoms with Crippen molar-refractivity contribution >= 4 is 11.5 Å². The Balaban J connectivity index is 2.31. The zero-order chi connectivity index (χ0) is 15.6. The first-order valence-electron chi connectivity index (χ1n) is 6.25. The van der Waals surface area contributed by atoms with Gasteiger partial charge in [-0.15, -0.1) is 6.58 Å². The molecular weight excluding hydrogens is 274 g/mol. The minimum absolute atomic E-state index is 0.116. The first-order valence-corrected chi connectivity index (χ1v) is 6.25. The van der Waals surface area contributed by atoms with Crippen molar-refractivity contribution in [3.63, 3.8) is 0 Å². The summed E-state index contributed by atoms with van der Waals surface area (Å²) in [4.78, 5) is 22.6. The minimum Gasteiger partial charge on any atom is -0.370 e. The summed E-state index contributed by atoms with van der Waals surface area (Å²) < 4.78 is 0. The van der Waals surface area contributed by atoms with Crippen molar-refractivity contribution < 1.29 is 14.8 Å². The van der Waals surface area contributed by atoms with Gasteiger partial charge in [-0.05, 0) is 6.92 Å². The molecule has 0 aromatic heterocycles. The fourth-order valence-electron chi connectivity index (χ4n) is 2.11. The minimum atomic E-state index is -1.52. The number of benzene rings is 1. The molecule has 0 saturated carbocycles. The summed E-state index contributed by atoms with van der Waals surface area (Å²) in [6, 6.07) is 5.41. The van der Waals surface area contributed by atoms with Gasteiger partial charge in [0.15, 0.2) is 11.5 Å². The Morgan fingerprint density at radius 3 is 2.95 bits per heavy atom. The average molecular weight is 289 g/mol. The molecule has 0 amide bonds. The summed E-state index contributed by atoms with van der Waals surface area (Å²) in [6.07, 6.45) is 2.97. The maximum atomic E-state index is 12.4. The van der Waals surface area contributed by atoms with Gasteiger partial charge in [0.05, 0.1) is 10.5 Å². The Bertz CT molecular complexity index is 637. The van der Waals surface area contributed by atoms with E-state index in [1.165, 1.54) is 42.4 Å². The van der Waals surface area contributed by atoms with E-state index in [2.05, 4.69) is 12.0 Å². The molecule has 7 nitrogen and oxygen atoms in total. The molecule has 110 valence electrons. The van der Waals surface area contributed by atoms with E-state index in [1.807, 2.05) is 0 Å². The van der Waals surface area contributed by atoms with E-state index >= 15 is 0 Å². The SMILES string of the molecule is C=CCN1NC=C(C(=O)c2cccc([N+](=O)[O-])c2)C1(C)O. The lowest BCUT2D eigenvalue weighted by atomic mass is 9.96. The molecule has 1 aromatic carbocycles. The van der Waals surface area contributed by atoms with Crippen molar-refractivity contribution in [2.75, 3.05) is 6.54 Å². The van der Waals surface area contributed by atoms with Crippen LogP contribution in [0.5, 0.6) is 0 Å². The van der Waals surface area contributed by atoms with Gasteiger partial charge in [-0.2, -0.15) is 5.01 Å². The Morgan fingerprint density at radius 1 is 1.62 bits per heavy atom. The molecule has 1 aliphatic heterocycles. The third-order valence-corrected chi connectivity index (χ3v) is 3.28. The fourth-order valence-corrected chi connectivity index (χ4v) is 2.11. The van der Waals surface area contributed by atoms with Gasteiger partial charge in [0.1, 0.15) is 0 Å². The highest BCUT2D eigenvalue weighted by Crippen LogP contribution is 2.28. The summed E-state index contributed by atoms with van der Waals surface area (Å²) in [6.45, 7) is 5.37. The molecule has 1 aliphatic rings. The van der Waals surface area contributed by atoms with Crippen molar-refractivity contribution in [2.45, 2.75) is 12.6 Å². The lowest BCUT2D eigenvalue weighted by Crippen LogP contribution is -2.49. The molecule has 1 unspecified atom stereocenters. The normalized spacial score (nSPS) is 21.5. The number of nitro benzene ring substituents is 1. The topological polar surface area (TPSA) is 95.7 Å². The summed E-state index contributed by atoms with van der Waals surface area (Å²) in [5, 5.41) is 22.6. The second kappa shape index (κ2) is 5.47. The number of hydrogen-bond donors (Lipinski definition) is 2. The van der Waals surface area contributed by atoms with Gasteiger partial charge < -0.3 is 10.5 Å². The van der Waals surface area contributed by atoms with Gasteiger partial charge in [0.25, 0.3) is 5.69 Å². The van der Waals surface area contributed by atoms with Crippen LogP contribution in [-0.2, 0) is 0 Å². The maximum Gasteiger partial charge on any atom is 0.270 e. The van der Waals surface area contributed by atoms with E-state index < -0.39 is 16.4 Å². The predicted octanol–water partition coefficient (Wildman–Crippen LogP) is 1.38. The molecule has 2 N–H and O–H groups in total. The van der Waals surface area contributed by atoms with Crippen LogP contribution in [0.25, 0.3) is 0 Å². The van der Waals surface area contributed by atoms with Crippen LogP contribution in [-0.4, -0.2) is 33.1 Å². The standard InChI is InChI=1S/C14H15N3O4/c1-3-7-16-14(2,19)12(9-15-16)13(18)10-5-4-6-11(8-10)17(20)21/h3-6,8-9,15,19H,1,7H2,2H3. The fraction of sp³-hybridized carbons (Fsp3) is 0.214. The van der Waals surface area contributed by atoms with Crippen LogP contribution >= 0.6 is 0 Å². The van der Waals surface area contributed by atoms with Crippen LogP contribution in [0.3, 0.4) is 0 Å². The number of Topliss-reactive ketones (excluding diaryl/α,β-unsaturated/α-hetero) is 1. The zero-order valence-corrected chi connectivity index (χ0v) is 11.4. The second-order valence-corrected chi connectivity index (χ2v) is 4.74. The highest BCUT2D eigenvalue weighted by atomic mass is 16.6. The van der Waals surface area contributed by atoms with Gasteiger partial charge in [-0.1, -0.05) is 18.2 Å². The molecule has 0 radical (unpaired) electrons. The average Bonchev–Trinajstić information content (AvgIpc) is 2.74. The molecule has 7 heteroatoms. The van der Waals surface area contributed by atoms with Crippen LogP contribution in [0.15, 0.2) is 48.7 Å². The molecule has 0 fully saturated rings. The van der Waals surface area contributed by atoms with Crippen LogP contribution < -0.4 is 5.43 Å². The summed E-state index contributed by atoms with van der Waals surface area (Å²) in [5.74, 6) is -0.470. The molecule has 1 aromatic rings. The molecule has 21 heavy (non-hydrogen) atoms. The van der Waals surface area contributed by atoms with E-state index in [0.717, 1.165) is 0 Å². The molecule has 0 aliphatic carbocycles. The number of hydrogen-bond acceptors (Lipinski definition) is 6. The van der Waals surface area contributed by atoms with E-state index in [1.54, 1.807) is 6.08 Å². The van der Waals surface area contributed by atoms with Crippen molar-refractivity contribution in [3.8, 4) is 0 Å². The maximum absolute atomic E-state index is 12.4. The van der Waals surface area contributed by atoms with Crippen LogP contribution in [0, 0.1) is 10.1 Å². The molecule has 0 bridgehead atoms. The van der Waals surface area contributed by atoms with Gasteiger partial charge in [-0.3, -0.25) is 14.9 Å². The smallest absolute Gasteiger partial charge is 0.270 e. The van der Waals surface area contributed by atoms with Crippen molar-refractivity contribution in [2.24, 2.45) is 0 Å². The number of nitrogens with one attached hydrogen (secondary N) is 1. The number of rotatable bonds is 5. The van der Waals surface area contributed by atoms with Crippen LogP contribution in [0.1, 0.15) is 17.3 Å². The van der Waals surface area contributed by atoms with Gasteiger partial charge in [0, 0.05) is 30.4 Å². The Labute approximate surface area is 121 Å². The lowest BCUT2D eigenvalue weighted by Gasteiger charge is -2.30. The van der Waals surface area contributed by atoms with Crippen LogP contribution in [0.2, 0.25) is 0 Å². The Kier molecular flexibility index (Phi) is 3.88. The number of carbonyl (C=O) groups is 1. The molecule has 0 saturated heterocycles. The molecule has 0 spiro atoms. The number of hydrazine groups is 1. The molecule has 2 rings (SSSR count). The predicted molar refractivity (Wildman–Crippen MR) is 76.2 cm³/mol. The first kappa shape index (κ1) is 14.9. The third kappa shape index (κ3) is 2.69. The Hall–Kier alpha value is -2.51. The second-order valence-electron chi connectivity index (χ2n) is 4.74. The van der Waals surface area contributed by atoms with E-state index in [0.29, 0.717) is 6.54 Å². The number of non-ortho nitro benzene ring substituents is 1. The van der Waals surface area contributed by atoms with E-state index in [-0.39, 0.29) is 16.8 Å². The number of aliphatic hydroxyl groups is 1. The first-order chi connectivity index (χ1) is 9.87. The largest absolute Gasteiger partial charge is 0.370 e. The third-order valence-electron chi connectivity index (χ3n) is 3.28. The monoisotopic (exact) mass is 289 g/mol. The van der Waals surface area contributed by atoms with E-state index in [4.69, 9.17) is 0 Å². The van der Waals surface area contributed by atoms with Gasteiger partial charge in [0.2, 0.25) is 0 Å². The van der Waals surface area contributed by atoms with E-state index in [9.17, 15) is 20.0 Å². The van der Waals surface area contributed by atoms with Gasteiger partial charge in [-0.25, -0.2) is 0 Å². The number of ketones is 1. The lowest BCUT2D eigenvalue weighted by molar-refractivity contribution is -0.384. The van der Waals surface area contributed by atoms with Crippen molar-refractivity contribution in [1.29, 1.82) is 0 Å². The molecule has 1 atom stereocenters.